The molecule has 1 aliphatic heterocycles. The second-order valence-electron chi connectivity index (χ2n) is 4.84. The van der Waals surface area contributed by atoms with Gasteiger partial charge in [0.25, 0.3) is 0 Å². The first-order chi connectivity index (χ1) is 10.2. The van der Waals surface area contributed by atoms with Crippen molar-refractivity contribution in [3.8, 4) is 0 Å². The van der Waals surface area contributed by atoms with E-state index in [4.69, 9.17) is 0 Å². The molecule has 0 radical (unpaired) electrons. The van der Waals surface area contributed by atoms with E-state index in [0.717, 1.165) is 32.5 Å². The van der Waals surface area contributed by atoms with Gasteiger partial charge in [-0.15, -0.1) is 0 Å². The zero-order valence-electron chi connectivity index (χ0n) is 12.8. The quantitative estimate of drug-likeness (QED) is 0.701. The number of nitrogens with one attached hydrogen (secondary N) is 3. The Morgan fingerprint density at radius 3 is 2.57 bits per heavy atom. The molecule has 1 unspecified atom stereocenters. The molecule has 0 bridgehead atoms. The number of hydrogen-bond acceptors (Lipinski definition) is 7. The van der Waals surface area contributed by atoms with Gasteiger partial charge in [-0.1, -0.05) is 0 Å². The van der Waals surface area contributed by atoms with Gasteiger partial charge < -0.3 is 20.9 Å². The van der Waals surface area contributed by atoms with E-state index in [1.807, 2.05) is 18.7 Å². The fourth-order valence-corrected chi connectivity index (χ4v) is 2.25. The number of piperidine rings is 1. The third-order valence-corrected chi connectivity index (χ3v) is 3.48. The van der Waals surface area contributed by atoms with E-state index in [0.29, 0.717) is 17.8 Å². The molecule has 2 heterocycles. The van der Waals surface area contributed by atoms with Crippen molar-refractivity contribution in [3.63, 3.8) is 0 Å². The summed E-state index contributed by atoms with van der Waals surface area (Å²) in [7, 11) is 1.76. The monoisotopic (exact) mass is 293 g/mol. The molecule has 1 aromatic heterocycles. The van der Waals surface area contributed by atoms with Crippen LogP contribution >= 0.6 is 0 Å². The SMILES string of the molecule is CCN(CC)c1nc(NC)nc(NC2CCCNC2=O)n1. The van der Waals surface area contributed by atoms with Crippen molar-refractivity contribution in [2.45, 2.75) is 32.7 Å². The van der Waals surface area contributed by atoms with E-state index in [1.54, 1.807) is 7.05 Å². The molecule has 0 saturated carbocycles. The van der Waals surface area contributed by atoms with Crippen molar-refractivity contribution in [3.05, 3.63) is 0 Å². The van der Waals surface area contributed by atoms with E-state index in [-0.39, 0.29) is 11.9 Å². The fraction of sp³-hybridized carbons (Fsp3) is 0.692. The van der Waals surface area contributed by atoms with E-state index >= 15 is 0 Å². The average Bonchev–Trinajstić information content (AvgIpc) is 2.50. The summed E-state index contributed by atoms with van der Waals surface area (Å²) in [5.74, 6) is 1.53. The number of rotatable bonds is 6. The predicted molar refractivity (Wildman–Crippen MR) is 82.6 cm³/mol. The molecule has 3 N–H and O–H groups in total. The first-order valence-corrected chi connectivity index (χ1v) is 7.41. The largest absolute Gasteiger partial charge is 0.357 e. The van der Waals surface area contributed by atoms with Crippen molar-refractivity contribution in [2.75, 3.05) is 42.2 Å². The van der Waals surface area contributed by atoms with Crippen LogP contribution in [-0.2, 0) is 4.79 Å². The molecule has 1 aromatic rings. The molecular weight excluding hydrogens is 270 g/mol. The first-order valence-electron chi connectivity index (χ1n) is 7.41. The van der Waals surface area contributed by atoms with Gasteiger partial charge in [0.05, 0.1) is 0 Å². The molecule has 0 spiro atoms. The zero-order valence-corrected chi connectivity index (χ0v) is 12.8. The molecule has 8 heteroatoms. The van der Waals surface area contributed by atoms with Crippen molar-refractivity contribution >= 4 is 23.8 Å². The smallest absolute Gasteiger partial charge is 0.242 e. The Bertz CT molecular complexity index is 489. The molecular formula is C13H23N7O. The fourth-order valence-electron chi connectivity index (χ4n) is 2.25. The average molecular weight is 293 g/mol. The van der Waals surface area contributed by atoms with Crippen LogP contribution in [0.4, 0.5) is 17.8 Å². The summed E-state index contributed by atoms with van der Waals surface area (Å²) in [4.78, 5) is 26.9. The Morgan fingerprint density at radius 2 is 1.95 bits per heavy atom. The van der Waals surface area contributed by atoms with Gasteiger partial charge >= 0.3 is 0 Å². The number of hydrogen-bond donors (Lipinski definition) is 3. The molecule has 116 valence electrons. The maximum absolute atomic E-state index is 11.8. The highest BCUT2D eigenvalue weighted by Crippen LogP contribution is 2.15. The van der Waals surface area contributed by atoms with Crippen molar-refractivity contribution < 1.29 is 4.79 Å². The second kappa shape index (κ2) is 7.05. The van der Waals surface area contributed by atoms with Crippen molar-refractivity contribution in [1.82, 2.24) is 20.3 Å². The van der Waals surface area contributed by atoms with Crippen LogP contribution in [0.2, 0.25) is 0 Å². The lowest BCUT2D eigenvalue weighted by Crippen LogP contribution is -2.44. The molecule has 1 aliphatic rings. The van der Waals surface area contributed by atoms with Crippen LogP contribution < -0.4 is 20.9 Å². The highest BCUT2D eigenvalue weighted by atomic mass is 16.2. The summed E-state index contributed by atoms with van der Waals surface area (Å²) in [6.45, 7) is 6.46. The molecule has 0 aliphatic carbocycles. The minimum absolute atomic E-state index is 0.00272. The lowest BCUT2D eigenvalue weighted by molar-refractivity contribution is -0.123. The van der Waals surface area contributed by atoms with E-state index in [1.165, 1.54) is 0 Å². The lowest BCUT2D eigenvalue weighted by Gasteiger charge is -2.24. The third-order valence-electron chi connectivity index (χ3n) is 3.48. The van der Waals surface area contributed by atoms with Gasteiger partial charge in [-0.3, -0.25) is 4.79 Å². The number of anilines is 3. The minimum Gasteiger partial charge on any atom is -0.357 e. The first kappa shape index (κ1) is 15.3. The summed E-state index contributed by atoms with van der Waals surface area (Å²) >= 11 is 0. The maximum atomic E-state index is 11.8. The van der Waals surface area contributed by atoms with Gasteiger partial charge in [0, 0.05) is 26.7 Å². The van der Waals surface area contributed by atoms with Crippen molar-refractivity contribution in [2.24, 2.45) is 0 Å². The zero-order chi connectivity index (χ0) is 15.2. The van der Waals surface area contributed by atoms with Gasteiger partial charge in [0.2, 0.25) is 23.8 Å². The minimum atomic E-state index is -0.282. The highest BCUT2D eigenvalue weighted by Gasteiger charge is 2.23. The van der Waals surface area contributed by atoms with Crippen LogP contribution in [0, 0.1) is 0 Å². The van der Waals surface area contributed by atoms with Gasteiger partial charge in [0.1, 0.15) is 6.04 Å². The second-order valence-corrected chi connectivity index (χ2v) is 4.84. The Balaban J connectivity index is 2.21. The van der Waals surface area contributed by atoms with Crippen molar-refractivity contribution in [1.29, 1.82) is 0 Å². The summed E-state index contributed by atoms with van der Waals surface area (Å²) in [5, 5.41) is 8.88. The topological polar surface area (TPSA) is 95.1 Å². The Morgan fingerprint density at radius 1 is 1.24 bits per heavy atom. The van der Waals surface area contributed by atoms with E-state index in [2.05, 4.69) is 30.9 Å². The van der Waals surface area contributed by atoms with Crippen LogP contribution in [0.1, 0.15) is 26.7 Å². The number of aromatic nitrogens is 3. The standard InChI is InChI=1S/C13H23N7O/c1-4-20(5-2)13-18-11(14-3)17-12(19-13)16-9-7-6-8-15-10(9)21/h9H,4-8H2,1-3H3,(H,15,21)(H2,14,16,17,18,19). The van der Waals surface area contributed by atoms with Crippen LogP contribution in [0.3, 0.4) is 0 Å². The molecule has 1 saturated heterocycles. The Labute approximate surface area is 124 Å². The van der Waals surface area contributed by atoms with Gasteiger partial charge in [-0.25, -0.2) is 0 Å². The third kappa shape index (κ3) is 3.71. The highest BCUT2D eigenvalue weighted by molar-refractivity contribution is 5.84. The van der Waals surface area contributed by atoms with Crippen LogP contribution in [-0.4, -0.2) is 53.6 Å². The molecule has 1 fully saturated rings. The predicted octanol–water partition coefficient (Wildman–Crippen LogP) is 0.450. The van der Waals surface area contributed by atoms with E-state index in [9.17, 15) is 4.79 Å². The lowest BCUT2D eigenvalue weighted by atomic mass is 10.1. The maximum Gasteiger partial charge on any atom is 0.242 e. The van der Waals surface area contributed by atoms with Gasteiger partial charge in [0.15, 0.2) is 0 Å². The number of carbonyl (C=O) groups is 1. The molecule has 1 atom stereocenters. The number of carbonyl (C=O) groups excluding carboxylic acids is 1. The molecule has 1 amide bonds. The molecule has 8 nitrogen and oxygen atoms in total. The van der Waals surface area contributed by atoms with Gasteiger partial charge in [-0.05, 0) is 26.7 Å². The summed E-state index contributed by atoms with van der Waals surface area (Å²) < 4.78 is 0. The normalized spacial score (nSPS) is 18.0. The summed E-state index contributed by atoms with van der Waals surface area (Å²) in [6.07, 6.45) is 1.74. The molecule has 2 rings (SSSR count). The van der Waals surface area contributed by atoms with Crippen LogP contribution in [0.5, 0.6) is 0 Å². The summed E-state index contributed by atoms with van der Waals surface area (Å²) in [6, 6.07) is -0.282. The number of amides is 1. The van der Waals surface area contributed by atoms with E-state index < -0.39 is 0 Å². The Hall–Kier alpha value is -2.12. The molecule has 0 aromatic carbocycles. The van der Waals surface area contributed by atoms with Crippen LogP contribution in [0.25, 0.3) is 0 Å². The van der Waals surface area contributed by atoms with Crippen LogP contribution in [0.15, 0.2) is 0 Å². The Kier molecular flexibility index (Phi) is 5.13. The number of nitrogens with zero attached hydrogens (tertiary/aromatic N) is 4. The summed E-state index contributed by atoms with van der Waals surface area (Å²) in [5.41, 5.74) is 0. The van der Waals surface area contributed by atoms with Gasteiger partial charge in [-0.2, -0.15) is 15.0 Å². The molecule has 21 heavy (non-hydrogen) atoms.